The van der Waals surface area contributed by atoms with Gasteiger partial charge < -0.3 is 0 Å². The molecule has 1 heterocycles. The number of rotatable bonds is 3. The van der Waals surface area contributed by atoms with Gasteiger partial charge in [0.15, 0.2) is 0 Å². The maximum atomic E-state index is 2.46. The molecule has 10 aromatic rings. The first-order valence-electron chi connectivity index (χ1n) is 18.2. The van der Waals surface area contributed by atoms with Gasteiger partial charge >= 0.3 is 0 Å². The van der Waals surface area contributed by atoms with Gasteiger partial charge in [0.25, 0.3) is 0 Å². The van der Waals surface area contributed by atoms with Gasteiger partial charge in [-0.25, -0.2) is 0 Å². The highest BCUT2D eigenvalue weighted by atomic mass is 32.1. The normalized spacial score (nSPS) is 13.3. The van der Waals surface area contributed by atoms with Crippen molar-refractivity contribution in [2.24, 2.45) is 0 Å². The molecular weight excluding hydrogens is 645 g/mol. The van der Waals surface area contributed by atoms with Crippen LogP contribution in [0.3, 0.4) is 0 Å². The number of fused-ring (bicyclic) bond motifs is 11. The number of thiophene rings is 1. The Balaban J connectivity index is 1.11. The molecule has 0 spiro atoms. The molecule has 0 amide bonds. The summed E-state index contributed by atoms with van der Waals surface area (Å²) in [6, 6.07) is 63.2. The monoisotopic (exact) mass is 678 g/mol. The topological polar surface area (TPSA) is 0 Å². The molecule has 0 N–H and O–H groups in total. The molecule has 0 radical (unpaired) electrons. The average molecular weight is 679 g/mol. The highest BCUT2D eigenvalue weighted by molar-refractivity contribution is 7.26. The van der Waals surface area contributed by atoms with Crippen LogP contribution in [0.25, 0.3) is 97.0 Å². The molecular formula is C51H34S. The molecule has 52 heavy (non-hydrogen) atoms. The van der Waals surface area contributed by atoms with Gasteiger partial charge in [0, 0.05) is 25.6 Å². The molecule has 9 aromatic carbocycles. The van der Waals surface area contributed by atoms with E-state index >= 15 is 0 Å². The molecule has 0 saturated carbocycles. The lowest BCUT2D eigenvalue weighted by Gasteiger charge is -2.22. The lowest BCUT2D eigenvalue weighted by atomic mass is 9.82. The van der Waals surface area contributed by atoms with Crippen LogP contribution < -0.4 is 0 Å². The zero-order valence-corrected chi connectivity index (χ0v) is 29.9. The van der Waals surface area contributed by atoms with Crippen molar-refractivity contribution in [2.75, 3.05) is 0 Å². The van der Waals surface area contributed by atoms with E-state index in [-0.39, 0.29) is 5.41 Å². The van der Waals surface area contributed by atoms with E-state index in [4.69, 9.17) is 0 Å². The predicted octanol–water partition coefficient (Wildman–Crippen LogP) is 14.8. The predicted molar refractivity (Wildman–Crippen MR) is 226 cm³/mol. The third-order valence-corrected chi connectivity index (χ3v) is 12.8. The molecule has 1 aliphatic rings. The fourth-order valence-electron chi connectivity index (χ4n) is 9.36. The second kappa shape index (κ2) is 11.0. The van der Waals surface area contributed by atoms with Gasteiger partial charge in [-0.15, -0.1) is 11.3 Å². The third-order valence-electron chi connectivity index (χ3n) is 11.6. The van der Waals surface area contributed by atoms with E-state index in [1.807, 2.05) is 11.3 Å². The first-order chi connectivity index (χ1) is 25.6. The van der Waals surface area contributed by atoms with Crippen molar-refractivity contribution >= 4 is 63.8 Å². The number of hydrogen-bond acceptors (Lipinski definition) is 1. The molecule has 0 atom stereocenters. The van der Waals surface area contributed by atoms with E-state index in [0.29, 0.717) is 0 Å². The molecule has 0 saturated heterocycles. The SMILES string of the molecule is CC1(C)c2ccccc2-c2ccc3c(sc4cc(-c5ccc(-c6c7ccccc7c(-c7ccccc7)c7ccccc67)cc5)c5ccccc5c43)c21. The first kappa shape index (κ1) is 29.7. The number of benzene rings is 9. The van der Waals surface area contributed by atoms with Crippen molar-refractivity contribution < 1.29 is 0 Å². The van der Waals surface area contributed by atoms with Gasteiger partial charge in [-0.05, 0) is 94.0 Å². The van der Waals surface area contributed by atoms with Crippen LogP contribution >= 0.6 is 11.3 Å². The second-order valence-corrected chi connectivity index (χ2v) is 15.8. The van der Waals surface area contributed by atoms with Gasteiger partial charge in [-0.2, -0.15) is 0 Å². The van der Waals surface area contributed by atoms with Crippen molar-refractivity contribution in [1.82, 2.24) is 0 Å². The summed E-state index contributed by atoms with van der Waals surface area (Å²) in [7, 11) is 0. The lowest BCUT2D eigenvalue weighted by molar-refractivity contribution is 0.667. The summed E-state index contributed by atoms with van der Waals surface area (Å²) in [5.74, 6) is 0. The summed E-state index contributed by atoms with van der Waals surface area (Å²) < 4.78 is 2.77. The van der Waals surface area contributed by atoms with Crippen molar-refractivity contribution in [3.63, 3.8) is 0 Å². The van der Waals surface area contributed by atoms with Crippen LogP contribution in [0.1, 0.15) is 25.0 Å². The standard InChI is InChI=1S/C51H34S/c1-51(2)44-23-13-12-17-35(44)41-28-29-42-48-36-18-7-6-16-34(36)43(30-45(48)52-50(42)49(41)51)31-24-26-33(27-25-31)47-39-21-10-8-19-37(39)46(32-14-4-3-5-15-32)38-20-9-11-22-40(38)47/h3-30H,1-2H3. The Bertz CT molecular complexity index is 3010. The molecule has 0 unspecified atom stereocenters. The Morgan fingerprint density at radius 1 is 0.385 bits per heavy atom. The lowest BCUT2D eigenvalue weighted by Crippen LogP contribution is -2.14. The third kappa shape index (κ3) is 4.09. The fourth-order valence-corrected chi connectivity index (χ4v) is 10.8. The highest BCUT2D eigenvalue weighted by Gasteiger charge is 2.37. The van der Waals surface area contributed by atoms with E-state index in [2.05, 4.69) is 184 Å². The maximum Gasteiger partial charge on any atom is 0.0402 e. The summed E-state index contributed by atoms with van der Waals surface area (Å²) in [5.41, 5.74) is 13.2. The van der Waals surface area contributed by atoms with Gasteiger partial charge in [0.2, 0.25) is 0 Å². The molecule has 1 heteroatoms. The minimum Gasteiger partial charge on any atom is -0.135 e. The quantitative estimate of drug-likeness (QED) is 0.163. The van der Waals surface area contributed by atoms with Crippen LogP contribution in [0.5, 0.6) is 0 Å². The second-order valence-electron chi connectivity index (χ2n) is 14.8. The molecule has 11 rings (SSSR count). The van der Waals surface area contributed by atoms with Crippen molar-refractivity contribution in [3.05, 3.63) is 181 Å². The minimum atomic E-state index is -0.0472. The van der Waals surface area contributed by atoms with E-state index in [0.717, 1.165) is 0 Å². The van der Waals surface area contributed by atoms with Crippen LogP contribution in [0.15, 0.2) is 170 Å². The Morgan fingerprint density at radius 3 is 1.56 bits per heavy atom. The zero-order valence-electron chi connectivity index (χ0n) is 29.1. The van der Waals surface area contributed by atoms with Gasteiger partial charge in [-0.3, -0.25) is 0 Å². The van der Waals surface area contributed by atoms with E-state index < -0.39 is 0 Å². The molecule has 0 bridgehead atoms. The van der Waals surface area contributed by atoms with Gasteiger partial charge in [0.05, 0.1) is 0 Å². The first-order valence-corrected chi connectivity index (χ1v) is 19.0. The van der Waals surface area contributed by atoms with Crippen LogP contribution in [0.4, 0.5) is 0 Å². The van der Waals surface area contributed by atoms with E-state index in [9.17, 15) is 0 Å². The Hall–Kier alpha value is -6.02. The largest absolute Gasteiger partial charge is 0.135 e. The van der Waals surface area contributed by atoms with Crippen LogP contribution in [0.2, 0.25) is 0 Å². The summed E-state index contributed by atoms with van der Waals surface area (Å²) in [4.78, 5) is 0. The van der Waals surface area contributed by atoms with Crippen molar-refractivity contribution in [2.45, 2.75) is 19.3 Å². The molecule has 244 valence electrons. The summed E-state index contributed by atoms with van der Waals surface area (Å²) in [6.45, 7) is 4.79. The van der Waals surface area contributed by atoms with Crippen molar-refractivity contribution in [1.29, 1.82) is 0 Å². The van der Waals surface area contributed by atoms with E-state index in [1.54, 1.807) is 0 Å². The number of hydrogen-bond donors (Lipinski definition) is 0. The summed E-state index contributed by atoms with van der Waals surface area (Å²) in [5, 5.41) is 10.5. The molecule has 0 nitrogen and oxygen atoms in total. The van der Waals surface area contributed by atoms with Gasteiger partial charge in [-0.1, -0.05) is 178 Å². The van der Waals surface area contributed by atoms with Gasteiger partial charge in [0.1, 0.15) is 0 Å². The summed E-state index contributed by atoms with van der Waals surface area (Å²) in [6.07, 6.45) is 0. The smallest absolute Gasteiger partial charge is 0.0402 e. The highest BCUT2D eigenvalue weighted by Crippen LogP contribution is 2.55. The van der Waals surface area contributed by atoms with Crippen LogP contribution in [-0.4, -0.2) is 0 Å². The zero-order chi connectivity index (χ0) is 34.6. The maximum absolute atomic E-state index is 2.46. The summed E-state index contributed by atoms with van der Waals surface area (Å²) >= 11 is 1.97. The Kier molecular flexibility index (Phi) is 6.27. The molecule has 0 fully saturated rings. The average Bonchev–Trinajstić information content (AvgIpc) is 3.69. The Labute approximate surface area is 307 Å². The van der Waals surface area contributed by atoms with Crippen molar-refractivity contribution in [3.8, 4) is 44.5 Å². The molecule has 0 aliphatic heterocycles. The fraction of sp³-hybridized carbons (Fsp3) is 0.0588. The molecule has 1 aromatic heterocycles. The van der Waals surface area contributed by atoms with Crippen LogP contribution in [0, 0.1) is 0 Å². The minimum absolute atomic E-state index is 0.0472. The van der Waals surface area contributed by atoms with Crippen LogP contribution in [-0.2, 0) is 5.41 Å². The molecule has 1 aliphatic carbocycles. The van der Waals surface area contributed by atoms with E-state index in [1.165, 1.54) is 108 Å². The Morgan fingerprint density at radius 2 is 0.904 bits per heavy atom.